The van der Waals surface area contributed by atoms with Crippen LogP contribution in [0.25, 0.3) is 0 Å². The van der Waals surface area contributed by atoms with Crippen molar-refractivity contribution in [1.82, 2.24) is 0 Å². The first-order valence-electron chi connectivity index (χ1n) is 19.6. The van der Waals surface area contributed by atoms with Gasteiger partial charge in [0, 0.05) is 6.92 Å². The Kier molecular flexibility index (Phi) is 16.1. The predicted octanol–water partition coefficient (Wildman–Crippen LogP) is 10.9. The van der Waals surface area contributed by atoms with Gasteiger partial charge in [0.05, 0.1) is 32.5 Å². The largest absolute Gasteiger partial charge is 0.466 e. The molecule has 12 heteroatoms. The molecule has 8 nitrogen and oxygen atoms in total. The summed E-state index contributed by atoms with van der Waals surface area (Å²) in [7, 11) is -9.07. The summed E-state index contributed by atoms with van der Waals surface area (Å²) < 4.78 is 41.7. The molecule has 0 N–H and O–H groups in total. The normalized spacial score (nSPS) is 23.2. The van der Waals surface area contributed by atoms with Gasteiger partial charge in [-0.3, -0.25) is 4.79 Å². The van der Waals surface area contributed by atoms with Gasteiger partial charge in [0.1, 0.15) is 18.3 Å². The SMILES string of the molecule is CC(=O)OCCC[C@@H]1O[C@@H]([C@H](C=C[Si](C)(C)C)O[Si](C)(C)C(C)(C)C)[C@@H](O[Si](C)(C)C(C)(C)C)[C@@H](O[Si](C)(C)C(C)(C)C)[C@H]1OC(=O)c1ccccc1. The summed E-state index contributed by atoms with van der Waals surface area (Å²) in [6.07, 6.45) is -0.408. The molecular formula is C41H76O8Si4. The summed E-state index contributed by atoms with van der Waals surface area (Å²) in [6, 6.07) is 9.08. The fourth-order valence-electron chi connectivity index (χ4n) is 5.27. The Labute approximate surface area is 327 Å². The lowest BCUT2D eigenvalue weighted by atomic mass is 9.90. The minimum Gasteiger partial charge on any atom is -0.466 e. The van der Waals surface area contributed by atoms with Gasteiger partial charge in [-0.2, -0.15) is 0 Å². The van der Waals surface area contributed by atoms with E-state index >= 15 is 0 Å². The molecule has 1 heterocycles. The second-order valence-corrected chi connectivity index (χ2v) is 39.9. The van der Waals surface area contributed by atoms with E-state index in [1.807, 2.05) is 18.2 Å². The minimum absolute atomic E-state index is 0.0586. The second-order valence-electron chi connectivity index (χ2n) is 20.6. The number of benzene rings is 1. The van der Waals surface area contributed by atoms with E-state index in [0.717, 1.165) is 0 Å². The van der Waals surface area contributed by atoms with Crippen molar-refractivity contribution in [2.24, 2.45) is 0 Å². The highest BCUT2D eigenvalue weighted by molar-refractivity contribution is 6.81. The van der Waals surface area contributed by atoms with E-state index in [1.54, 1.807) is 12.1 Å². The summed E-state index contributed by atoms with van der Waals surface area (Å²) in [4.78, 5) is 25.8. The first kappa shape index (κ1) is 47.8. The third kappa shape index (κ3) is 13.6. The van der Waals surface area contributed by atoms with Crippen molar-refractivity contribution in [1.29, 1.82) is 0 Å². The van der Waals surface area contributed by atoms with Gasteiger partial charge in [0.2, 0.25) is 0 Å². The van der Waals surface area contributed by atoms with Gasteiger partial charge in [-0.1, -0.05) is 112 Å². The molecule has 0 spiro atoms. The fraction of sp³-hybridized carbons (Fsp3) is 0.756. The van der Waals surface area contributed by atoms with Crippen LogP contribution in [0.3, 0.4) is 0 Å². The summed E-state index contributed by atoms with van der Waals surface area (Å²) in [5.74, 6) is -0.772. The molecule has 1 aromatic rings. The van der Waals surface area contributed by atoms with Crippen molar-refractivity contribution >= 4 is 45.0 Å². The van der Waals surface area contributed by atoms with E-state index < -0.39 is 75.6 Å². The van der Waals surface area contributed by atoms with Gasteiger partial charge in [0.25, 0.3) is 0 Å². The van der Waals surface area contributed by atoms with Gasteiger partial charge >= 0.3 is 11.9 Å². The Morgan fingerprint density at radius 3 is 1.68 bits per heavy atom. The average molecular weight is 809 g/mol. The number of hydrogen-bond acceptors (Lipinski definition) is 8. The molecule has 0 radical (unpaired) electrons. The Morgan fingerprint density at radius 1 is 0.736 bits per heavy atom. The predicted molar refractivity (Wildman–Crippen MR) is 229 cm³/mol. The van der Waals surface area contributed by atoms with Crippen molar-refractivity contribution in [3.8, 4) is 0 Å². The number of rotatable bonds is 15. The zero-order valence-electron chi connectivity index (χ0n) is 36.9. The van der Waals surface area contributed by atoms with Crippen LogP contribution in [-0.4, -0.2) is 88.2 Å². The molecular weight excluding hydrogens is 733 g/mol. The molecule has 1 aromatic carbocycles. The van der Waals surface area contributed by atoms with Crippen LogP contribution in [0, 0.1) is 0 Å². The Balaban J connectivity index is 2.99. The van der Waals surface area contributed by atoms with Crippen LogP contribution in [-0.2, 0) is 32.3 Å². The number of carbonyl (C=O) groups excluding carboxylic acids is 2. The smallest absolute Gasteiger partial charge is 0.338 e. The third-order valence-corrected chi connectivity index (χ3v) is 26.3. The van der Waals surface area contributed by atoms with Crippen LogP contribution >= 0.6 is 0 Å². The molecule has 0 aromatic heterocycles. The molecule has 304 valence electrons. The van der Waals surface area contributed by atoms with E-state index in [4.69, 9.17) is 27.5 Å². The van der Waals surface area contributed by atoms with Crippen molar-refractivity contribution in [3.63, 3.8) is 0 Å². The zero-order valence-corrected chi connectivity index (χ0v) is 40.9. The Morgan fingerprint density at radius 2 is 1.23 bits per heavy atom. The van der Waals surface area contributed by atoms with Crippen LogP contribution in [0.5, 0.6) is 0 Å². The maximum absolute atomic E-state index is 14.0. The number of ether oxygens (including phenoxy) is 3. The summed E-state index contributed by atoms with van der Waals surface area (Å²) in [6.45, 7) is 42.3. The van der Waals surface area contributed by atoms with Crippen molar-refractivity contribution < 1.29 is 37.1 Å². The van der Waals surface area contributed by atoms with Gasteiger partial charge in [-0.25, -0.2) is 4.79 Å². The topological polar surface area (TPSA) is 89.5 Å². The molecule has 0 aliphatic carbocycles. The summed E-state index contributed by atoms with van der Waals surface area (Å²) in [5, 5.41) is -0.326. The van der Waals surface area contributed by atoms with E-state index in [0.29, 0.717) is 18.4 Å². The van der Waals surface area contributed by atoms with Crippen LogP contribution < -0.4 is 0 Å². The molecule has 0 bridgehead atoms. The fourth-order valence-corrected chi connectivity index (χ4v) is 9.88. The molecule has 0 amide bonds. The van der Waals surface area contributed by atoms with Gasteiger partial charge < -0.3 is 27.5 Å². The highest BCUT2D eigenvalue weighted by Crippen LogP contribution is 2.46. The van der Waals surface area contributed by atoms with Crippen LogP contribution in [0.4, 0.5) is 0 Å². The number of esters is 2. The molecule has 0 unspecified atom stereocenters. The molecule has 2 rings (SSSR count). The molecule has 1 fully saturated rings. The van der Waals surface area contributed by atoms with Crippen molar-refractivity contribution in [2.75, 3.05) is 6.61 Å². The van der Waals surface area contributed by atoms with Crippen molar-refractivity contribution in [3.05, 3.63) is 47.7 Å². The first-order chi connectivity index (χ1) is 23.8. The van der Waals surface area contributed by atoms with Crippen LogP contribution in [0.2, 0.25) is 74.0 Å². The quantitative estimate of drug-likeness (QED) is 0.0983. The first-order valence-corrected chi connectivity index (χ1v) is 31.9. The average Bonchev–Trinajstić information content (AvgIpc) is 2.97. The Hall–Kier alpha value is -1.39. The zero-order chi connectivity index (χ0) is 41.0. The highest BCUT2D eigenvalue weighted by atomic mass is 28.4. The van der Waals surface area contributed by atoms with E-state index in [1.165, 1.54) is 6.92 Å². The Bertz CT molecular complexity index is 1370. The molecule has 1 saturated heterocycles. The monoisotopic (exact) mass is 808 g/mol. The number of carbonyl (C=O) groups is 2. The molecule has 1 aliphatic rings. The summed E-state index contributed by atoms with van der Waals surface area (Å²) in [5.41, 5.74) is 2.80. The lowest BCUT2D eigenvalue weighted by molar-refractivity contribution is -0.230. The van der Waals surface area contributed by atoms with Gasteiger partial charge in [0.15, 0.2) is 31.1 Å². The molecule has 6 atom stereocenters. The molecule has 0 saturated carbocycles. The standard InChI is InChI=1S/C41H76O8Si4/c1-30(42)44-28-23-26-32-34(46-38(43)31-24-21-20-22-25-31)36(48-52(16,17)40(5,6)7)37(49-53(18,19)41(8,9)10)35(45-32)33(27-29-50(11,12)13)47-51(14,15)39(2,3)4/h20-22,24-25,27,29,32-37H,23,26,28H2,1-19H3/t32-,33-,34-,35-,36-,37+/m0/s1. The lowest BCUT2D eigenvalue weighted by Crippen LogP contribution is -2.68. The minimum atomic E-state index is -2.52. The molecule has 1 aliphatic heterocycles. The van der Waals surface area contributed by atoms with E-state index in [9.17, 15) is 9.59 Å². The lowest BCUT2D eigenvalue weighted by Gasteiger charge is -2.54. The molecule has 53 heavy (non-hydrogen) atoms. The number of hydrogen-bond donors (Lipinski definition) is 0. The summed E-state index contributed by atoms with van der Waals surface area (Å²) >= 11 is 0. The highest BCUT2D eigenvalue weighted by Gasteiger charge is 2.57. The second kappa shape index (κ2) is 17.8. The van der Waals surface area contributed by atoms with Gasteiger partial charge in [-0.05, 0) is 79.4 Å². The van der Waals surface area contributed by atoms with E-state index in [-0.39, 0.29) is 27.7 Å². The van der Waals surface area contributed by atoms with E-state index in [2.05, 4.69) is 133 Å². The van der Waals surface area contributed by atoms with Gasteiger partial charge in [-0.15, -0.1) is 0 Å². The van der Waals surface area contributed by atoms with Crippen LogP contribution in [0.15, 0.2) is 42.1 Å². The van der Waals surface area contributed by atoms with Crippen molar-refractivity contribution in [2.45, 2.75) is 193 Å². The maximum Gasteiger partial charge on any atom is 0.338 e. The maximum atomic E-state index is 14.0. The third-order valence-electron chi connectivity index (χ3n) is 11.7. The van der Waals surface area contributed by atoms with Crippen LogP contribution in [0.1, 0.15) is 92.4 Å².